The lowest BCUT2D eigenvalue weighted by Crippen LogP contribution is -2.26. The molecule has 0 fully saturated rings. The summed E-state index contributed by atoms with van der Waals surface area (Å²) in [6, 6.07) is 9.06. The molecule has 3 aromatic rings. The molecule has 1 atom stereocenters. The molecular weight excluding hydrogens is 505 g/mol. The fraction of sp³-hybridized carbons (Fsp3) is 0.231. The van der Waals surface area contributed by atoms with Gasteiger partial charge in [0, 0.05) is 10.9 Å². The maximum absolute atomic E-state index is 14.5. The van der Waals surface area contributed by atoms with Gasteiger partial charge < -0.3 is 4.57 Å². The molecule has 3 rings (SSSR count). The summed E-state index contributed by atoms with van der Waals surface area (Å²) in [6.45, 7) is 6.32. The normalized spacial score (nSPS) is 13.8. The maximum atomic E-state index is 14.5. The van der Waals surface area contributed by atoms with E-state index in [1.54, 1.807) is 19.9 Å². The lowest BCUT2D eigenvalue weighted by atomic mass is 9.95. The summed E-state index contributed by atoms with van der Waals surface area (Å²) >= 11 is 0. The minimum Gasteiger partial charge on any atom is -0.302 e. The summed E-state index contributed by atoms with van der Waals surface area (Å²) in [4.78, 5) is 27.6. The summed E-state index contributed by atoms with van der Waals surface area (Å²) in [5.74, 6) is 0. The minimum atomic E-state index is -5.39. The highest BCUT2D eigenvalue weighted by atomic mass is 31.2. The summed E-state index contributed by atoms with van der Waals surface area (Å²) in [7, 11) is -5.26. The zero-order chi connectivity index (χ0) is 27.2. The lowest BCUT2D eigenvalue weighted by molar-refractivity contribution is -0.143. The Balaban J connectivity index is 2.47. The second-order valence-corrected chi connectivity index (χ2v) is 11.0. The van der Waals surface area contributed by atoms with Crippen LogP contribution in [-0.2, 0) is 16.9 Å². The van der Waals surface area contributed by atoms with Gasteiger partial charge in [0.15, 0.2) is 0 Å². The Morgan fingerprint density at radius 1 is 0.639 bits per heavy atom. The molecule has 0 saturated heterocycles. The van der Waals surface area contributed by atoms with E-state index in [9.17, 15) is 40.5 Å². The van der Waals surface area contributed by atoms with Gasteiger partial charge in [0.05, 0.1) is 16.7 Å². The molecule has 0 aliphatic heterocycles. The fourth-order valence-electron chi connectivity index (χ4n) is 4.07. The summed E-state index contributed by atoms with van der Waals surface area (Å²) in [5.41, 5.74) is -7.34. The average molecular weight is 526 g/mol. The monoisotopic (exact) mass is 526 g/mol. The number of rotatable bonds is 5. The predicted octanol–water partition coefficient (Wildman–Crippen LogP) is 7.63. The molecule has 0 saturated carbocycles. The Kier molecular flexibility index (Phi) is 7.12. The highest BCUT2D eigenvalue weighted by Crippen LogP contribution is 2.55. The zero-order valence-electron chi connectivity index (χ0n) is 19.6. The van der Waals surface area contributed by atoms with Gasteiger partial charge in [-0.3, -0.25) is 9.59 Å². The van der Waals surface area contributed by atoms with Crippen LogP contribution in [0.1, 0.15) is 54.1 Å². The van der Waals surface area contributed by atoms with Crippen LogP contribution >= 0.6 is 7.14 Å². The smallest absolute Gasteiger partial charge is 0.302 e. The van der Waals surface area contributed by atoms with Crippen LogP contribution in [0.25, 0.3) is 0 Å². The Bertz CT molecular complexity index is 1350. The number of alkyl halides is 6. The van der Waals surface area contributed by atoms with Gasteiger partial charge in [-0.2, -0.15) is 26.3 Å². The van der Waals surface area contributed by atoms with Crippen LogP contribution in [0.15, 0.2) is 54.6 Å². The topological polar surface area (TPSA) is 51.2 Å². The van der Waals surface area contributed by atoms with Crippen LogP contribution in [0.4, 0.5) is 26.3 Å². The van der Waals surface area contributed by atoms with Gasteiger partial charge in [-0.15, -0.1) is 0 Å². The first-order valence-electron chi connectivity index (χ1n) is 10.6. The molecule has 0 N–H and O–H groups in total. The van der Waals surface area contributed by atoms with Crippen molar-refractivity contribution in [3.8, 4) is 0 Å². The largest absolute Gasteiger partial charge is 0.417 e. The van der Waals surface area contributed by atoms with Crippen LogP contribution in [0.3, 0.4) is 0 Å². The van der Waals surface area contributed by atoms with Gasteiger partial charge in [-0.05, 0) is 62.1 Å². The number of aryl methyl sites for hydroxylation is 2. The van der Waals surface area contributed by atoms with Crippen LogP contribution in [-0.4, -0.2) is 11.0 Å². The Morgan fingerprint density at radius 3 is 1.47 bits per heavy atom. The lowest BCUT2D eigenvalue weighted by Gasteiger charge is -2.24. The molecule has 0 spiro atoms. The van der Waals surface area contributed by atoms with Crippen LogP contribution in [0.5, 0.6) is 0 Å². The van der Waals surface area contributed by atoms with Crippen molar-refractivity contribution in [2.45, 2.75) is 40.0 Å². The van der Waals surface area contributed by atoms with Crippen molar-refractivity contribution in [2.75, 3.05) is 0 Å². The van der Waals surface area contributed by atoms with E-state index in [-0.39, 0.29) is 5.56 Å². The molecule has 0 aliphatic rings. The fourth-order valence-corrected chi connectivity index (χ4v) is 6.52. The van der Waals surface area contributed by atoms with Crippen molar-refractivity contribution in [1.82, 2.24) is 0 Å². The highest BCUT2D eigenvalue weighted by molar-refractivity contribution is 8.01. The molecule has 0 heterocycles. The molecular formula is C26H21F6O3P. The van der Waals surface area contributed by atoms with E-state index in [0.29, 0.717) is 40.5 Å². The predicted molar refractivity (Wildman–Crippen MR) is 124 cm³/mol. The molecule has 36 heavy (non-hydrogen) atoms. The van der Waals surface area contributed by atoms with Crippen LogP contribution < -0.4 is 5.30 Å². The van der Waals surface area contributed by atoms with Crippen LogP contribution in [0.2, 0.25) is 0 Å². The first-order valence-corrected chi connectivity index (χ1v) is 12.3. The van der Waals surface area contributed by atoms with E-state index in [1.807, 2.05) is 0 Å². The van der Waals surface area contributed by atoms with E-state index in [4.69, 9.17) is 0 Å². The van der Waals surface area contributed by atoms with Crippen molar-refractivity contribution in [3.05, 3.63) is 99.1 Å². The Morgan fingerprint density at radius 2 is 1.06 bits per heavy atom. The molecule has 1 unspecified atom stereocenters. The third-order valence-corrected chi connectivity index (χ3v) is 8.78. The number of hydrogen-bond donors (Lipinski definition) is 0. The molecule has 3 aromatic carbocycles. The summed E-state index contributed by atoms with van der Waals surface area (Å²) < 4.78 is 97.5. The number of carbonyl (C=O) groups is 2. The van der Waals surface area contributed by atoms with E-state index < -0.39 is 52.5 Å². The third kappa shape index (κ3) is 4.64. The summed E-state index contributed by atoms with van der Waals surface area (Å²) in [5, 5.41) is -0.455. The molecule has 0 bridgehead atoms. The average Bonchev–Trinajstić information content (AvgIpc) is 2.80. The van der Waals surface area contributed by atoms with Gasteiger partial charge in [-0.25, -0.2) is 0 Å². The van der Waals surface area contributed by atoms with Crippen LogP contribution in [0, 0.1) is 27.7 Å². The van der Waals surface area contributed by atoms with Crippen molar-refractivity contribution in [3.63, 3.8) is 0 Å². The van der Waals surface area contributed by atoms with Crippen molar-refractivity contribution >= 4 is 23.5 Å². The maximum Gasteiger partial charge on any atom is 0.417 e. The Hall–Kier alpha value is -3.19. The molecule has 0 amide bonds. The van der Waals surface area contributed by atoms with Gasteiger partial charge in [0.2, 0.25) is 18.2 Å². The van der Waals surface area contributed by atoms with Crippen molar-refractivity contribution in [1.29, 1.82) is 0 Å². The first kappa shape index (κ1) is 27.4. The van der Waals surface area contributed by atoms with E-state index in [1.165, 1.54) is 32.0 Å². The van der Waals surface area contributed by atoms with Gasteiger partial charge in [0.1, 0.15) is 0 Å². The molecule has 10 heteroatoms. The minimum absolute atomic E-state index is 0.161. The highest BCUT2D eigenvalue weighted by Gasteiger charge is 2.50. The standard InChI is InChI=1S/C26H21F6O3P/c1-14-13-15(2)17(4)21(16(14)3)23(33)36(35,18-9-6-5-7-10-18)24(34)22-19(25(27,28)29)11-8-12-20(22)26(30,31)32/h5-13H,1-4H3. The second-order valence-electron chi connectivity index (χ2n) is 8.41. The number of hydrogen-bond acceptors (Lipinski definition) is 3. The first-order chi connectivity index (χ1) is 16.5. The summed E-state index contributed by atoms with van der Waals surface area (Å²) in [6.07, 6.45) is -10.8. The van der Waals surface area contributed by atoms with Crippen molar-refractivity contribution < 1.29 is 40.5 Å². The van der Waals surface area contributed by atoms with E-state index >= 15 is 0 Å². The van der Waals surface area contributed by atoms with E-state index in [0.717, 1.165) is 12.1 Å². The van der Waals surface area contributed by atoms with Gasteiger partial charge in [0.25, 0.3) is 0 Å². The Labute approximate surface area is 203 Å². The molecule has 0 aromatic heterocycles. The number of halogens is 6. The zero-order valence-corrected chi connectivity index (χ0v) is 20.5. The van der Waals surface area contributed by atoms with Gasteiger partial charge in [-0.1, -0.05) is 42.5 Å². The van der Waals surface area contributed by atoms with Crippen molar-refractivity contribution in [2.24, 2.45) is 0 Å². The number of carbonyl (C=O) groups excluding carboxylic acids is 2. The van der Waals surface area contributed by atoms with Gasteiger partial charge >= 0.3 is 12.4 Å². The second kappa shape index (κ2) is 9.36. The third-order valence-electron chi connectivity index (χ3n) is 6.16. The molecule has 3 nitrogen and oxygen atoms in total. The quantitative estimate of drug-likeness (QED) is 0.254. The number of benzene rings is 3. The van der Waals surface area contributed by atoms with E-state index in [2.05, 4.69) is 0 Å². The molecule has 0 aliphatic carbocycles. The molecule has 190 valence electrons. The SMILES string of the molecule is Cc1cc(C)c(C)c(C(=O)P(=O)(C(=O)c2c(C(F)(F)F)cccc2C(F)(F)F)c2ccccc2)c1C. The molecule has 0 radical (unpaired) electrons.